The lowest BCUT2D eigenvalue weighted by atomic mass is 9.96. The third-order valence-electron chi connectivity index (χ3n) is 5.44. The Hall–Kier alpha value is -3.09. The summed E-state index contributed by atoms with van der Waals surface area (Å²) in [6, 6.07) is 23.8. The average Bonchev–Trinajstić information content (AvgIpc) is 3.11. The van der Waals surface area contributed by atoms with Crippen molar-refractivity contribution in [1.29, 1.82) is 0 Å². The maximum atomic E-state index is 13.0. The highest BCUT2D eigenvalue weighted by atomic mass is 32.2. The number of hydrogen-bond donors (Lipinski definition) is 2. The first kappa shape index (κ1) is 22.1. The van der Waals surface area contributed by atoms with E-state index in [1.807, 2.05) is 54.7 Å². The second-order valence-electron chi connectivity index (χ2n) is 7.47. The minimum absolute atomic E-state index is 0.101. The summed E-state index contributed by atoms with van der Waals surface area (Å²) in [7, 11) is 0. The number of anilines is 2. The van der Waals surface area contributed by atoms with Crippen LogP contribution in [-0.4, -0.2) is 12.2 Å². The van der Waals surface area contributed by atoms with Crippen LogP contribution >= 0.6 is 23.1 Å². The molecule has 32 heavy (non-hydrogen) atoms. The summed E-state index contributed by atoms with van der Waals surface area (Å²) in [5.74, 6) is 0.811. The fourth-order valence-electron chi connectivity index (χ4n) is 3.61. The van der Waals surface area contributed by atoms with Crippen LogP contribution in [0.4, 0.5) is 10.8 Å². The Bertz CT molecular complexity index is 1190. The second-order valence-corrected chi connectivity index (χ2v) is 9.58. The summed E-state index contributed by atoms with van der Waals surface area (Å²) in [5, 5.41) is 7.69. The molecule has 0 radical (unpaired) electrons. The van der Waals surface area contributed by atoms with Crippen molar-refractivity contribution in [2.45, 2.75) is 24.8 Å². The summed E-state index contributed by atoms with van der Waals surface area (Å²) < 4.78 is 0. The van der Waals surface area contributed by atoms with E-state index in [0.29, 0.717) is 5.56 Å². The number of benzene rings is 2. The van der Waals surface area contributed by atoms with Gasteiger partial charge in [-0.25, -0.2) is 4.98 Å². The number of carbonyl (C=O) groups is 1. The SMILES string of the molecule is CSc1ccc([C@@H](Nc2cccc[nH+]2)c2c(NC(=O)c3ccccc3)sc(C)c2C)cc1. The Kier molecular flexibility index (Phi) is 6.93. The van der Waals surface area contributed by atoms with E-state index < -0.39 is 0 Å². The summed E-state index contributed by atoms with van der Waals surface area (Å²) in [6.45, 7) is 4.23. The number of rotatable bonds is 7. The number of carbonyl (C=O) groups excluding carboxylic acids is 1. The summed E-state index contributed by atoms with van der Waals surface area (Å²) in [4.78, 5) is 18.6. The lowest BCUT2D eigenvalue weighted by Crippen LogP contribution is -2.21. The highest BCUT2D eigenvalue weighted by Crippen LogP contribution is 2.41. The van der Waals surface area contributed by atoms with Crippen molar-refractivity contribution in [3.05, 3.63) is 106 Å². The molecule has 3 N–H and O–H groups in total. The van der Waals surface area contributed by atoms with Gasteiger partial charge in [-0.3, -0.25) is 10.1 Å². The van der Waals surface area contributed by atoms with E-state index in [1.165, 1.54) is 15.3 Å². The topological polar surface area (TPSA) is 55.3 Å². The van der Waals surface area contributed by atoms with E-state index >= 15 is 0 Å². The van der Waals surface area contributed by atoms with Crippen molar-refractivity contribution in [2.75, 3.05) is 16.9 Å². The highest BCUT2D eigenvalue weighted by molar-refractivity contribution is 7.98. The van der Waals surface area contributed by atoms with E-state index in [4.69, 9.17) is 0 Å². The predicted molar refractivity (Wildman–Crippen MR) is 135 cm³/mol. The zero-order valence-corrected chi connectivity index (χ0v) is 19.9. The highest BCUT2D eigenvalue weighted by Gasteiger charge is 2.28. The molecule has 2 aromatic heterocycles. The first-order valence-electron chi connectivity index (χ1n) is 10.4. The van der Waals surface area contributed by atoms with E-state index in [0.717, 1.165) is 21.9 Å². The maximum Gasteiger partial charge on any atom is 0.272 e. The van der Waals surface area contributed by atoms with Crippen molar-refractivity contribution in [3.63, 3.8) is 0 Å². The molecule has 6 heteroatoms. The largest absolute Gasteiger partial charge is 0.313 e. The van der Waals surface area contributed by atoms with Gasteiger partial charge < -0.3 is 5.32 Å². The van der Waals surface area contributed by atoms with Crippen LogP contribution in [0, 0.1) is 13.8 Å². The monoisotopic (exact) mass is 460 g/mol. The van der Waals surface area contributed by atoms with Gasteiger partial charge in [0.2, 0.25) is 0 Å². The van der Waals surface area contributed by atoms with Gasteiger partial charge in [0, 0.05) is 32.5 Å². The second kappa shape index (κ2) is 10.0. The van der Waals surface area contributed by atoms with Crippen LogP contribution in [0.1, 0.15) is 38.0 Å². The fourth-order valence-corrected chi connectivity index (χ4v) is 5.11. The number of aryl methyl sites for hydroxylation is 1. The van der Waals surface area contributed by atoms with Gasteiger partial charge >= 0.3 is 0 Å². The molecule has 2 aromatic carbocycles. The smallest absolute Gasteiger partial charge is 0.272 e. The fraction of sp³-hybridized carbons (Fsp3) is 0.154. The molecule has 2 heterocycles. The first-order chi connectivity index (χ1) is 15.6. The first-order valence-corrected chi connectivity index (χ1v) is 12.4. The van der Waals surface area contributed by atoms with Crippen LogP contribution in [0.5, 0.6) is 0 Å². The molecular formula is C26H26N3OS2+. The van der Waals surface area contributed by atoms with Crippen LogP contribution in [0.2, 0.25) is 0 Å². The third kappa shape index (κ3) is 4.87. The minimum Gasteiger partial charge on any atom is -0.313 e. The molecule has 4 nitrogen and oxygen atoms in total. The quantitative estimate of drug-likeness (QED) is 0.316. The molecule has 0 bridgehead atoms. The van der Waals surface area contributed by atoms with E-state index in [9.17, 15) is 4.79 Å². The molecule has 0 aliphatic carbocycles. The van der Waals surface area contributed by atoms with Gasteiger partial charge in [0.15, 0.2) is 0 Å². The van der Waals surface area contributed by atoms with Crippen LogP contribution in [-0.2, 0) is 0 Å². The Balaban J connectivity index is 1.76. The Morgan fingerprint density at radius 2 is 1.69 bits per heavy atom. The molecule has 0 unspecified atom stereocenters. The van der Waals surface area contributed by atoms with Crippen LogP contribution < -0.4 is 15.6 Å². The molecule has 162 valence electrons. The van der Waals surface area contributed by atoms with Crippen molar-refractivity contribution >= 4 is 39.8 Å². The summed E-state index contributed by atoms with van der Waals surface area (Å²) in [6.07, 6.45) is 3.98. The molecule has 1 atom stereocenters. The number of amides is 1. The Morgan fingerprint density at radius 1 is 0.969 bits per heavy atom. The Morgan fingerprint density at radius 3 is 2.34 bits per heavy atom. The van der Waals surface area contributed by atoms with E-state index in [1.54, 1.807) is 23.1 Å². The predicted octanol–water partition coefficient (Wildman–Crippen LogP) is 6.35. The van der Waals surface area contributed by atoms with Crippen LogP contribution in [0.3, 0.4) is 0 Å². The number of H-pyrrole nitrogens is 1. The zero-order chi connectivity index (χ0) is 22.5. The number of nitrogens with one attached hydrogen (secondary N) is 3. The lowest BCUT2D eigenvalue weighted by molar-refractivity contribution is -0.361. The van der Waals surface area contributed by atoms with Gasteiger partial charge in [0.25, 0.3) is 11.7 Å². The zero-order valence-electron chi connectivity index (χ0n) is 18.3. The molecule has 0 fully saturated rings. The maximum absolute atomic E-state index is 13.0. The number of hydrogen-bond acceptors (Lipinski definition) is 4. The van der Waals surface area contributed by atoms with Crippen molar-refractivity contribution in [3.8, 4) is 0 Å². The van der Waals surface area contributed by atoms with Gasteiger partial charge in [-0.15, -0.1) is 23.1 Å². The summed E-state index contributed by atoms with van der Waals surface area (Å²) >= 11 is 3.34. The number of thiophene rings is 1. The number of aromatic amines is 1. The molecule has 4 rings (SSSR count). The molecule has 1 amide bonds. The Labute approximate surface area is 197 Å². The minimum atomic E-state index is -0.124. The van der Waals surface area contributed by atoms with Gasteiger partial charge in [0.05, 0.1) is 6.20 Å². The molecular weight excluding hydrogens is 434 g/mol. The molecule has 0 saturated carbocycles. The molecule has 0 saturated heterocycles. The van der Waals surface area contributed by atoms with Gasteiger partial charge in [-0.1, -0.05) is 36.4 Å². The van der Waals surface area contributed by atoms with Crippen molar-refractivity contribution in [1.82, 2.24) is 0 Å². The number of thioether (sulfide) groups is 1. The summed E-state index contributed by atoms with van der Waals surface area (Å²) in [5.41, 5.74) is 4.05. The molecule has 4 aromatic rings. The molecule has 0 aliphatic heterocycles. The normalized spacial score (nSPS) is 11.7. The van der Waals surface area contributed by atoms with E-state index in [2.05, 4.69) is 60.0 Å². The lowest BCUT2D eigenvalue weighted by Gasteiger charge is -2.18. The van der Waals surface area contributed by atoms with Gasteiger partial charge in [-0.2, -0.15) is 0 Å². The van der Waals surface area contributed by atoms with Crippen LogP contribution in [0.15, 0.2) is 83.9 Å². The van der Waals surface area contributed by atoms with Crippen molar-refractivity contribution < 1.29 is 9.78 Å². The van der Waals surface area contributed by atoms with Gasteiger partial charge in [-0.05, 0) is 56.0 Å². The van der Waals surface area contributed by atoms with Crippen molar-refractivity contribution in [2.24, 2.45) is 0 Å². The molecule has 0 spiro atoms. The number of pyridine rings is 1. The van der Waals surface area contributed by atoms with Gasteiger partial charge in [0.1, 0.15) is 11.0 Å². The van der Waals surface area contributed by atoms with Crippen LogP contribution in [0.25, 0.3) is 0 Å². The average molecular weight is 461 g/mol. The molecule has 0 aliphatic rings. The number of aromatic nitrogens is 1. The third-order valence-corrected chi connectivity index (χ3v) is 7.32. The standard InChI is InChI=1S/C26H25N3OS2/c1-17-18(2)32-26(29-25(30)20-9-5-4-6-10-20)23(17)24(28-22-11-7-8-16-27-22)19-12-14-21(31-3)15-13-19/h4-16,24H,1-3H3,(H,27,28)(H,29,30)/p+1/t24-/m1/s1. The van der Waals surface area contributed by atoms with E-state index in [-0.39, 0.29) is 11.9 Å².